The fraction of sp³-hybridized carbons (Fsp3) is 0.474. The summed E-state index contributed by atoms with van der Waals surface area (Å²) in [4.78, 5) is 23.6. The van der Waals surface area contributed by atoms with Gasteiger partial charge in [-0.3, -0.25) is 4.79 Å². The van der Waals surface area contributed by atoms with Gasteiger partial charge in [-0.1, -0.05) is 25.8 Å². The maximum Gasteiger partial charge on any atom is 0.331 e. The van der Waals surface area contributed by atoms with E-state index < -0.39 is 5.97 Å². The Kier molecular flexibility index (Phi) is 6.86. The Morgan fingerprint density at radius 1 is 1.32 bits per heavy atom. The van der Waals surface area contributed by atoms with E-state index in [0.29, 0.717) is 17.2 Å². The van der Waals surface area contributed by atoms with Gasteiger partial charge in [0.1, 0.15) is 0 Å². The topological polar surface area (TPSA) is 84.9 Å². The molecule has 1 aromatic rings. The van der Waals surface area contributed by atoms with E-state index in [0.717, 1.165) is 19.3 Å². The first-order valence-corrected chi connectivity index (χ1v) is 8.51. The molecule has 1 amide bonds. The summed E-state index contributed by atoms with van der Waals surface area (Å²) in [5.41, 5.74) is 0.673. The average Bonchev–Trinajstić information content (AvgIpc) is 2.61. The number of rotatable bonds is 6. The number of ether oxygens (including phenoxy) is 2. The van der Waals surface area contributed by atoms with Crippen LogP contribution in [0.25, 0.3) is 6.08 Å². The van der Waals surface area contributed by atoms with Crippen LogP contribution in [-0.4, -0.2) is 36.7 Å². The van der Waals surface area contributed by atoms with E-state index in [1.807, 2.05) is 0 Å². The molecular weight excluding hydrogens is 322 g/mol. The van der Waals surface area contributed by atoms with Crippen molar-refractivity contribution in [2.24, 2.45) is 5.92 Å². The number of amides is 1. The SMILES string of the molecule is COc1cc(/C=C/C(=O)OCC(=O)N[C@@H]2CCCC[C@H]2C)ccc1O. The standard InChI is InChI=1S/C19H25NO5/c1-13-5-3-4-6-15(13)20-18(22)12-25-19(23)10-8-14-7-9-16(21)17(11-14)24-2/h7-11,13,15,21H,3-6,12H2,1-2H3,(H,20,22)/b10-8+/t13-,15-/m1/s1. The lowest BCUT2D eigenvalue weighted by Crippen LogP contribution is -2.42. The number of methoxy groups -OCH3 is 1. The zero-order valence-corrected chi connectivity index (χ0v) is 14.7. The molecule has 1 aliphatic rings. The van der Waals surface area contributed by atoms with Crippen molar-refractivity contribution in [3.05, 3.63) is 29.8 Å². The summed E-state index contributed by atoms with van der Waals surface area (Å²) < 4.78 is 9.96. The van der Waals surface area contributed by atoms with Gasteiger partial charge in [-0.25, -0.2) is 4.79 Å². The molecule has 1 saturated carbocycles. The van der Waals surface area contributed by atoms with Crippen LogP contribution in [0.5, 0.6) is 11.5 Å². The van der Waals surface area contributed by atoms with Gasteiger partial charge in [-0.15, -0.1) is 0 Å². The number of carbonyl (C=O) groups is 2. The Morgan fingerprint density at radius 2 is 2.08 bits per heavy atom. The number of hydrogen-bond acceptors (Lipinski definition) is 5. The number of carbonyl (C=O) groups excluding carboxylic acids is 2. The second-order valence-corrected chi connectivity index (χ2v) is 6.31. The Labute approximate surface area is 147 Å². The molecule has 2 atom stereocenters. The molecule has 0 heterocycles. The summed E-state index contributed by atoms with van der Waals surface area (Å²) in [6, 6.07) is 4.87. The molecular formula is C19H25NO5. The van der Waals surface area contributed by atoms with Crippen LogP contribution in [0.4, 0.5) is 0 Å². The van der Waals surface area contributed by atoms with E-state index in [9.17, 15) is 14.7 Å². The third-order valence-electron chi connectivity index (χ3n) is 4.42. The molecule has 2 N–H and O–H groups in total. The Bertz CT molecular complexity index is 641. The fourth-order valence-corrected chi connectivity index (χ4v) is 2.93. The van der Waals surface area contributed by atoms with Gasteiger partial charge in [0.25, 0.3) is 5.91 Å². The normalized spacial score (nSPS) is 20.2. The molecule has 0 aliphatic heterocycles. The molecule has 0 aromatic heterocycles. The molecule has 0 spiro atoms. The van der Waals surface area contributed by atoms with Crippen molar-refractivity contribution in [3.8, 4) is 11.5 Å². The number of nitrogens with one attached hydrogen (secondary N) is 1. The van der Waals surface area contributed by atoms with E-state index in [4.69, 9.17) is 9.47 Å². The first-order valence-electron chi connectivity index (χ1n) is 8.51. The summed E-state index contributed by atoms with van der Waals surface area (Å²) >= 11 is 0. The molecule has 6 nitrogen and oxygen atoms in total. The number of phenols is 1. The van der Waals surface area contributed by atoms with E-state index in [-0.39, 0.29) is 24.3 Å². The van der Waals surface area contributed by atoms with Crippen LogP contribution < -0.4 is 10.1 Å². The number of aromatic hydroxyl groups is 1. The van der Waals surface area contributed by atoms with Crippen LogP contribution in [0.3, 0.4) is 0 Å². The predicted molar refractivity (Wildman–Crippen MR) is 94.2 cm³/mol. The van der Waals surface area contributed by atoms with Crippen LogP contribution in [0, 0.1) is 5.92 Å². The van der Waals surface area contributed by atoms with Gasteiger partial charge < -0.3 is 19.9 Å². The maximum absolute atomic E-state index is 11.9. The van der Waals surface area contributed by atoms with E-state index >= 15 is 0 Å². The third-order valence-corrected chi connectivity index (χ3v) is 4.42. The summed E-state index contributed by atoms with van der Waals surface area (Å²) in [5.74, 6) is -0.0733. The van der Waals surface area contributed by atoms with Gasteiger partial charge in [0.2, 0.25) is 0 Å². The van der Waals surface area contributed by atoms with Gasteiger partial charge in [-0.2, -0.15) is 0 Å². The molecule has 1 aliphatic carbocycles. The van der Waals surface area contributed by atoms with Crippen LogP contribution in [0.15, 0.2) is 24.3 Å². The molecule has 0 radical (unpaired) electrons. The van der Waals surface area contributed by atoms with Gasteiger partial charge in [-0.05, 0) is 42.5 Å². The highest BCUT2D eigenvalue weighted by molar-refractivity contribution is 5.89. The molecule has 136 valence electrons. The minimum atomic E-state index is -0.598. The molecule has 0 bridgehead atoms. The second-order valence-electron chi connectivity index (χ2n) is 6.31. The first-order chi connectivity index (χ1) is 12.0. The van der Waals surface area contributed by atoms with E-state index in [1.54, 1.807) is 12.1 Å². The predicted octanol–water partition coefficient (Wildman–Crippen LogP) is 2.65. The van der Waals surface area contributed by atoms with Crippen LogP contribution in [0.2, 0.25) is 0 Å². The molecule has 1 aromatic carbocycles. The van der Waals surface area contributed by atoms with Crippen molar-refractivity contribution in [2.45, 2.75) is 38.6 Å². The molecule has 6 heteroatoms. The van der Waals surface area contributed by atoms with Gasteiger partial charge in [0.05, 0.1) is 7.11 Å². The van der Waals surface area contributed by atoms with E-state index in [2.05, 4.69) is 12.2 Å². The number of benzene rings is 1. The maximum atomic E-state index is 11.9. The van der Waals surface area contributed by atoms with Gasteiger partial charge in [0.15, 0.2) is 18.1 Å². The zero-order valence-electron chi connectivity index (χ0n) is 14.7. The Hall–Kier alpha value is -2.50. The van der Waals surface area contributed by atoms with Gasteiger partial charge in [0, 0.05) is 12.1 Å². The largest absolute Gasteiger partial charge is 0.504 e. The highest BCUT2D eigenvalue weighted by Gasteiger charge is 2.22. The van der Waals surface area contributed by atoms with Crippen molar-refractivity contribution in [3.63, 3.8) is 0 Å². The molecule has 1 fully saturated rings. The second kappa shape index (κ2) is 9.11. The Morgan fingerprint density at radius 3 is 2.80 bits per heavy atom. The number of phenolic OH excluding ortho intramolecular Hbond substituents is 1. The lowest BCUT2D eigenvalue weighted by atomic mass is 9.86. The Balaban J connectivity index is 1.78. The lowest BCUT2D eigenvalue weighted by Gasteiger charge is -2.29. The van der Waals surface area contributed by atoms with Crippen molar-refractivity contribution in [2.75, 3.05) is 13.7 Å². The molecule has 2 rings (SSSR count). The monoisotopic (exact) mass is 347 g/mol. The van der Waals surface area contributed by atoms with Crippen LogP contribution >= 0.6 is 0 Å². The summed E-state index contributed by atoms with van der Waals surface area (Å²) in [7, 11) is 1.45. The summed E-state index contributed by atoms with van der Waals surface area (Å²) in [5, 5.41) is 12.5. The quantitative estimate of drug-likeness (QED) is 0.610. The smallest absolute Gasteiger partial charge is 0.331 e. The molecule has 25 heavy (non-hydrogen) atoms. The lowest BCUT2D eigenvalue weighted by molar-refractivity contribution is -0.144. The number of hydrogen-bond donors (Lipinski definition) is 2. The summed E-state index contributed by atoms with van der Waals surface area (Å²) in [6.07, 6.45) is 7.18. The first kappa shape index (κ1) is 18.8. The van der Waals surface area contributed by atoms with Crippen LogP contribution in [-0.2, 0) is 14.3 Å². The average molecular weight is 347 g/mol. The van der Waals surface area contributed by atoms with Gasteiger partial charge >= 0.3 is 5.97 Å². The minimum Gasteiger partial charge on any atom is -0.504 e. The highest BCUT2D eigenvalue weighted by Crippen LogP contribution is 2.26. The van der Waals surface area contributed by atoms with Crippen molar-refractivity contribution in [1.29, 1.82) is 0 Å². The zero-order chi connectivity index (χ0) is 18.2. The third kappa shape index (κ3) is 5.81. The van der Waals surface area contributed by atoms with Crippen LogP contribution in [0.1, 0.15) is 38.2 Å². The molecule has 0 saturated heterocycles. The summed E-state index contributed by atoms with van der Waals surface area (Å²) in [6.45, 7) is 1.84. The minimum absolute atomic E-state index is 0.0239. The highest BCUT2D eigenvalue weighted by atomic mass is 16.5. The fourth-order valence-electron chi connectivity index (χ4n) is 2.93. The van der Waals surface area contributed by atoms with Crippen molar-refractivity contribution in [1.82, 2.24) is 5.32 Å². The van der Waals surface area contributed by atoms with Crippen molar-refractivity contribution < 1.29 is 24.2 Å². The van der Waals surface area contributed by atoms with E-state index in [1.165, 1.54) is 31.7 Å². The van der Waals surface area contributed by atoms with Crippen molar-refractivity contribution >= 4 is 18.0 Å². The number of esters is 1. The molecule has 0 unspecified atom stereocenters.